The Labute approximate surface area is 143 Å². The molecule has 25 heavy (non-hydrogen) atoms. The number of nitrogens with one attached hydrogen (secondary N) is 1. The van der Waals surface area contributed by atoms with Crippen molar-refractivity contribution >= 4 is 27.8 Å². The number of aromatic amines is 1. The first-order valence-electron chi connectivity index (χ1n) is 7.89. The number of carbonyl (C=O) groups excluding carboxylic acids is 1. The molecule has 0 fully saturated rings. The average molecular weight is 333 g/mol. The van der Waals surface area contributed by atoms with Crippen LogP contribution in [0.4, 0.5) is 0 Å². The Bertz CT molecular complexity index is 1040. The molecule has 4 rings (SSSR count). The summed E-state index contributed by atoms with van der Waals surface area (Å²) >= 11 is 0. The Morgan fingerprint density at radius 1 is 1.04 bits per heavy atom. The summed E-state index contributed by atoms with van der Waals surface area (Å²) in [6, 6.07) is 14.9. The van der Waals surface area contributed by atoms with E-state index in [0.29, 0.717) is 11.1 Å². The third-order valence-corrected chi connectivity index (χ3v) is 3.88. The number of aromatic nitrogens is 3. The normalized spacial score (nSPS) is 10.9. The van der Waals surface area contributed by atoms with Crippen LogP contribution >= 0.6 is 0 Å². The first-order valence-corrected chi connectivity index (χ1v) is 7.89. The van der Waals surface area contributed by atoms with Gasteiger partial charge >= 0.3 is 5.97 Å². The van der Waals surface area contributed by atoms with E-state index in [4.69, 9.17) is 9.47 Å². The number of pyridine rings is 1. The molecule has 0 aliphatic carbocycles. The molecule has 0 amide bonds. The number of benzene rings is 2. The minimum absolute atomic E-state index is 0.153. The van der Waals surface area contributed by atoms with Crippen LogP contribution in [-0.2, 0) is 4.74 Å². The lowest BCUT2D eigenvalue weighted by Gasteiger charge is -2.09. The summed E-state index contributed by atoms with van der Waals surface area (Å²) in [6.45, 7) is 0.415. The van der Waals surface area contributed by atoms with Gasteiger partial charge in [0.05, 0.1) is 22.8 Å². The monoisotopic (exact) mass is 333 g/mol. The van der Waals surface area contributed by atoms with Crippen molar-refractivity contribution < 1.29 is 14.3 Å². The zero-order chi connectivity index (χ0) is 17.1. The number of H-pyrrole nitrogens is 1. The number of carbonyl (C=O) groups is 1. The van der Waals surface area contributed by atoms with Gasteiger partial charge in [0.25, 0.3) is 0 Å². The Hall–Kier alpha value is -3.41. The van der Waals surface area contributed by atoms with Gasteiger partial charge in [-0.25, -0.2) is 4.79 Å². The summed E-state index contributed by atoms with van der Waals surface area (Å²) in [5, 5.41) is 8.56. The molecule has 6 heteroatoms. The van der Waals surface area contributed by atoms with Gasteiger partial charge in [-0.2, -0.15) is 5.10 Å². The predicted octanol–water partition coefficient (Wildman–Crippen LogP) is 3.35. The second-order valence-corrected chi connectivity index (χ2v) is 5.45. The third kappa shape index (κ3) is 3.01. The zero-order valence-electron chi connectivity index (χ0n) is 13.3. The molecule has 0 aliphatic rings. The fraction of sp³-hybridized carbons (Fsp3) is 0.105. The minimum Gasteiger partial charge on any atom is -0.489 e. The third-order valence-electron chi connectivity index (χ3n) is 3.88. The fourth-order valence-corrected chi connectivity index (χ4v) is 2.70. The lowest BCUT2D eigenvalue weighted by Crippen LogP contribution is -2.13. The number of ether oxygens (including phenoxy) is 2. The summed E-state index contributed by atoms with van der Waals surface area (Å²) in [5.41, 5.74) is 2.00. The second kappa shape index (κ2) is 6.60. The lowest BCUT2D eigenvalue weighted by atomic mass is 10.1. The molecule has 0 atom stereocenters. The van der Waals surface area contributed by atoms with Crippen LogP contribution in [0.2, 0.25) is 0 Å². The van der Waals surface area contributed by atoms with Crippen molar-refractivity contribution in [3.05, 3.63) is 66.5 Å². The summed E-state index contributed by atoms with van der Waals surface area (Å²) in [7, 11) is 0. The number of para-hydroxylation sites is 2. The number of hydrogen-bond donors (Lipinski definition) is 1. The van der Waals surface area contributed by atoms with Crippen LogP contribution in [-0.4, -0.2) is 34.4 Å². The van der Waals surface area contributed by atoms with Crippen molar-refractivity contribution in [2.24, 2.45) is 0 Å². The molecule has 1 N–H and O–H groups in total. The lowest BCUT2D eigenvalue weighted by molar-refractivity contribution is 0.0453. The van der Waals surface area contributed by atoms with Crippen LogP contribution in [0.1, 0.15) is 10.4 Å². The molecule has 0 saturated heterocycles. The summed E-state index contributed by atoms with van der Waals surface area (Å²) < 4.78 is 11.1. The van der Waals surface area contributed by atoms with Crippen LogP contribution in [0, 0.1) is 0 Å². The van der Waals surface area contributed by atoms with E-state index in [1.807, 2.05) is 30.3 Å². The number of rotatable bonds is 5. The van der Waals surface area contributed by atoms with Crippen LogP contribution in [0.3, 0.4) is 0 Å². The molecule has 0 radical (unpaired) electrons. The van der Waals surface area contributed by atoms with Gasteiger partial charge in [-0.15, -0.1) is 0 Å². The fourth-order valence-electron chi connectivity index (χ4n) is 2.70. The first kappa shape index (κ1) is 15.1. The second-order valence-electron chi connectivity index (χ2n) is 5.45. The summed E-state index contributed by atoms with van der Waals surface area (Å²) in [6.07, 6.45) is 3.37. The number of esters is 1. The van der Waals surface area contributed by atoms with Crippen LogP contribution in [0.25, 0.3) is 21.8 Å². The van der Waals surface area contributed by atoms with Crippen molar-refractivity contribution in [3.8, 4) is 5.75 Å². The molecule has 0 saturated carbocycles. The Morgan fingerprint density at radius 3 is 2.92 bits per heavy atom. The summed E-state index contributed by atoms with van der Waals surface area (Å²) in [4.78, 5) is 16.5. The van der Waals surface area contributed by atoms with E-state index >= 15 is 0 Å². The maximum Gasteiger partial charge on any atom is 0.340 e. The zero-order valence-corrected chi connectivity index (χ0v) is 13.3. The maximum atomic E-state index is 12.2. The largest absolute Gasteiger partial charge is 0.489 e. The van der Waals surface area contributed by atoms with Gasteiger partial charge in [-0.05, 0) is 24.3 Å². The summed E-state index contributed by atoms with van der Waals surface area (Å²) in [5.74, 6) is 0.315. The van der Waals surface area contributed by atoms with Crippen molar-refractivity contribution in [2.75, 3.05) is 13.2 Å². The van der Waals surface area contributed by atoms with Gasteiger partial charge in [0.1, 0.15) is 19.0 Å². The van der Waals surface area contributed by atoms with E-state index in [-0.39, 0.29) is 13.2 Å². The maximum absolute atomic E-state index is 12.2. The molecule has 4 aromatic rings. The van der Waals surface area contributed by atoms with Crippen molar-refractivity contribution in [2.45, 2.75) is 0 Å². The van der Waals surface area contributed by atoms with Crippen LogP contribution in [0.15, 0.2) is 60.9 Å². The van der Waals surface area contributed by atoms with Crippen LogP contribution in [0.5, 0.6) is 5.75 Å². The highest BCUT2D eigenvalue weighted by atomic mass is 16.6. The first-order chi connectivity index (χ1) is 12.3. The van der Waals surface area contributed by atoms with E-state index in [9.17, 15) is 4.79 Å². The molecule has 6 nitrogen and oxygen atoms in total. The van der Waals surface area contributed by atoms with Gasteiger partial charge in [-0.3, -0.25) is 10.1 Å². The number of fused-ring (bicyclic) bond motifs is 2. The Balaban J connectivity index is 1.39. The number of nitrogens with zero attached hydrogens (tertiary/aromatic N) is 2. The smallest absolute Gasteiger partial charge is 0.340 e. The molecule has 2 heterocycles. The number of hydrogen-bond acceptors (Lipinski definition) is 5. The van der Waals surface area contributed by atoms with E-state index in [1.54, 1.807) is 30.6 Å². The standard InChI is InChI=1S/C19H15N3O3/c23-19(15-6-3-4-13-12-21-22-18(13)15)25-11-10-24-17-8-9-20-16-7-2-1-5-14(16)17/h1-9,12H,10-11H2,(H,21,22). The predicted molar refractivity (Wildman–Crippen MR) is 93.6 cm³/mol. The molecule has 0 unspecified atom stereocenters. The highest BCUT2D eigenvalue weighted by molar-refractivity contribution is 6.02. The van der Waals surface area contributed by atoms with Gasteiger partial charge < -0.3 is 9.47 Å². The average Bonchev–Trinajstić information content (AvgIpc) is 3.14. The van der Waals surface area contributed by atoms with Crippen molar-refractivity contribution in [3.63, 3.8) is 0 Å². The van der Waals surface area contributed by atoms with Gasteiger partial charge in [0, 0.05) is 17.0 Å². The van der Waals surface area contributed by atoms with E-state index in [0.717, 1.165) is 22.0 Å². The highest BCUT2D eigenvalue weighted by Crippen LogP contribution is 2.23. The van der Waals surface area contributed by atoms with E-state index in [2.05, 4.69) is 15.2 Å². The molecule has 2 aromatic heterocycles. The van der Waals surface area contributed by atoms with Gasteiger partial charge in [-0.1, -0.05) is 24.3 Å². The van der Waals surface area contributed by atoms with Crippen LogP contribution < -0.4 is 4.74 Å². The molecular weight excluding hydrogens is 318 g/mol. The van der Waals surface area contributed by atoms with E-state index < -0.39 is 5.97 Å². The SMILES string of the molecule is O=C(OCCOc1ccnc2ccccc12)c1cccc2cn[nH]c12. The molecule has 0 spiro atoms. The van der Waals surface area contributed by atoms with Crippen molar-refractivity contribution in [1.29, 1.82) is 0 Å². The Kier molecular flexibility index (Phi) is 4.00. The topological polar surface area (TPSA) is 77.1 Å². The molecule has 2 aromatic carbocycles. The minimum atomic E-state index is -0.405. The Morgan fingerprint density at radius 2 is 1.96 bits per heavy atom. The van der Waals surface area contributed by atoms with Crippen molar-refractivity contribution in [1.82, 2.24) is 15.2 Å². The highest BCUT2D eigenvalue weighted by Gasteiger charge is 2.12. The van der Waals surface area contributed by atoms with Gasteiger partial charge in [0.15, 0.2) is 0 Å². The molecule has 0 aliphatic heterocycles. The van der Waals surface area contributed by atoms with E-state index in [1.165, 1.54) is 0 Å². The quantitative estimate of drug-likeness (QED) is 0.448. The van der Waals surface area contributed by atoms with Gasteiger partial charge in [0.2, 0.25) is 0 Å². The molecule has 0 bridgehead atoms. The molecule has 124 valence electrons. The molecular formula is C19H15N3O3.